The first kappa shape index (κ1) is 9.32. The topological polar surface area (TPSA) is 101 Å². The smallest absolute Gasteiger partial charge is 0.182 e. The van der Waals surface area contributed by atoms with Gasteiger partial charge in [-0.15, -0.1) is 0 Å². The molecule has 0 unspecified atom stereocenters. The molecule has 1 fully saturated rings. The monoisotopic (exact) mass is 216 g/mol. The van der Waals surface area contributed by atoms with Crippen molar-refractivity contribution in [1.82, 2.24) is 10.2 Å². The van der Waals surface area contributed by atoms with E-state index in [2.05, 4.69) is 15.5 Å². The number of hydrogen-bond acceptors (Lipinski definition) is 5. The van der Waals surface area contributed by atoms with Gasteiger partial charge in [-0.3, -0.25) is 5.10 Å². The summed E-state index contributed by atoms with van der Waals surface area (Å²) in [6.07, 6.45) is 3.22. The van der Waals surface area contributed by atoms with Crippen molar-refractivity contribution in [1.29, 1.82) is 0 Å². The van der Waals surface area contributed by atoms with Crippen molar-refractivity contribution in [3.63, 3.8) is 0 Å². The molecule has 2 rings (SSSR count). The van der Waals surface area contributed by atoms with Crippen LogP contribution in [0.5, 0.6) is 0 Å². The molecule has 1 aliphatic carbocycles. The standard InChI is InChI=1S/C7H12N4O2S/c1-14(12,13)5-6(8)10-11-7(5)9-4-2-3-4/h4H,2-3H2,1H3,(H4,8,9,10,11). The average Bonchev–Trinajstić information content (AvgIpc) is 2.74. The molecule has 0 bridgehead atoms. The molecular formula is C7H12N4O2S. The molecule has 1 aliphatic rings. The molecule has 6 nitrogen and oxygen atoms in total. The summed E-state index contributed by atoms with van der Waals surface area (Å²) in [5, 5.41) is 9.30. The third kappa shape index (κ3) is 1.67. The molecule has 0 saturated heterocycles. The number of nitrogens with one attached hydrogen (secondary N) is 2. The Kier molecular flexibility index (Phi) is 1.91. The number of anilines is 2. The van der Waals surface area contributed by atoms with Gasteiger partial charge in [-0.25, -0.2) is 8.42 Å². The van der Waals surface area contributed by atoms with Gasteiger partial charge in [-0.05, 0) is 12.8 Å². The van der Waals surface area contributed by atoms with Crippen LogP contribution in [0, 0.1) is 0 Å². The van der Waals surface area contributed by atoms with E-state index in [0.717, 1.165) is 19.1 Å². The van der Waals surface area contributed by atoms with E-state index in [-0.39, 0.29) is 10.7 Å². The van der Waals surface area contributed by atoms with Crippen molar-refractivity contribution >= 4 is 21.5 Å². The van der Waals surface area contributed by atoms with Crippen LogP contribution in [-0.4, -0.2) is 30.9 Å². The highest BCUT2D eigenvalue weighted by Gasteiger charge is 2.27. The molecule has 14 heavy (non-hydrogen) atoms. The minimum atomic E-state index is -3.32. The molecule has 0 aromatic carbocycles. The number of sulfone groups is 1. The summed E-state index contributed by atoms with van der Waals surface area (Å²) in [7, 11) is -3.32. The van der Waals surface area contributed by atoms with E-state index in [1.54, 1.807) is 0 Å². The zero-order valence-corrected chi connectivity index (χ0v) is 8.56. The Balaban J connectivity index is 2.39. The average molecular weight is 216 g/mol. The van der Waals surface area contributed by atoms with Gasteiger partial charge in [0.2, 0.25) is 0 Å². The van der Waals surface area contributed by atoms with Crippen LogP contribution in [0.15, 0.2) is 4.90 Å². The summed E-state index contributed by atoms with van der Waals surface area (Å²) in [6, 6.07) is 0.346. The van der Waals surface area contributed by atoms with E-state index in [0.29, 0.717) is 11.9 Å². The summed E-state index contributed by atoms with van der Waals surface area (Å²) in [6.45, 7) is 0. The number of aromatic nitrogens is 2. The quantitative estimate of drug-likeness (QED) is 0.658. The second-order valence-corrected chi connectivity index (χ2v) is 5.46. The molecule has 1 aromatic rings. The highest BCUT2D eigenvalue weighted by molar-refractivity contribution is 7.91. The van der Waals surface area contributed by atoms with Crippen LogP contribution in [0.3, 0.4) is 0 Å². The van der Waals surface area contributed by atoms with Crippen molar-refractivity contribution in [3.05, 3.63) is 0 Å². The summed E-state index contributed by atoms with van der Waals surface area (Å²) in [4.78, 5) is 0.0735. The lowest BCUT2D eigenvalue weighted by atomic mass is 10.5. The van der Waals surface area contributed by atoms with Crippen LogP contribution >= 0.6 is 0 Å². The summed E-state index contributed by atoms with van der Waals surface area (Å²) in [5.74, 6) is 0.433. The summed E-state index contributed by atoms with van der Waals surface area (Å²) in [5.41, 5.74) is 5.49. The number of hydrogen-bond donors (Lipinski definition) is 3. The molecule has 7 heteroatoms. The van der Waals surface area contributed by atoms with Crippen LogP contribution in [0.25, 0.3) is 0 Å². The fourth-order valence-corrected chi connectivity index (χ4v) is 2.14. The van der Waals surface area contributed by atoms with Crippen molar-refractivity contribution in [3.8, 4) is 0 Å². The largest absolute Gasteiger partial charge is 0.383 e. The van der Waals surface area contributed by atoms with E-state index in [9.17, 15) is 8.42 Å². The van der Waals surface area contributed by atoms with E-state index in [1.165, 1.54) is 0 Å². The van der Waals surface area contributed by atoms with Crippen LogP contribution in [0.2, 0.25) is 0 Å². The van der Waals surface area contributed by atoms with Crippen LogP contribution < -0.4 is 11.1 Å². The molecule has 1 aromatic heterocycles. The minimum Gasteiger partial charge on any atom is -0.383 e. The minimum absolute atomic E-state index is 0.0735. The predicted octanol–water partition coefficient (Wildman–Crippen LogP) is -0.0303. The number of rotatable bonds is 3. The molecular weight excluding hydrogens is 204 g/mol. The van der Waals surface area contributed by atoms with Crippen molar-refractivity contribution in [2.24, 2.45) is 0 Å². The Morgan fingerprint density at radius 2 is 2.21 bits per heavy atom. The Morgan fingerprint density at radius 1 is 1.57 bits per heavy atom. The van der Waals surface area contributed by atoms with Gasteiger partial charge >= 0.3 is 0 Å². The fourth-order valence-electron chi connectivity index (χ4n) is 1.24. The Labute approximate surface area is 81.8 Å². The maximum absolute atomic E-state index is 11.4. The second kappa shape index (κ2) is 2.88. The highest BCUT2D eigenvalue weighted by Crippen LogP contribution is 2.30. The molecule has 0 spiro atoms. The summed E-state index contributed by atoms with van der Waals surface area (Å²) < 4.78 is 22.7. The molecule has 0 aliphatic heterocycles. The van der Waals surface area contributed by atoms with Gasteiger partial charge < -0.3 is 11.1 Å². The van der Waals surface area contributed by atoms with Gasteiger partial charge in [-0.2, -0.15) is 5.10 Å². The van der Waals surface area contributed by atoms with Gasteiger partial charge in [0.25, 0.3) is 0 Å². The molecule has 0 radical (unpaired) electrons. The van der Waals surface area contributed by atoms with E-state index >= 15 is 0 Å². The number of nitrogen functional groups attached to an aromatic ring is 1. The highest BCUT2D eigenvalue weighted by atomic mass is 32.2. The third-order valence-corrected chi connectivity index (χ3v) is 3.19. The first-order chi connectivity index (χ1) is 6.48. The van der Waals surface area contributed by atoms with Crippen LogP contribution in [-0.2, 0) is 9.84 Å². The zero-order chi connectivity index (χ0) is 10.3. The molecule has 1 saturated carbocycles. The van der Waals surface area contributed by atoms with Crippen molar-refractivity contribution in [2.75, 3.05) is 17.3 Å². The van der Waals surface area contributed by atoms with Gasteiger partial charge in [0, 0.05) is 12.3 Å². The van der Waals surface area contributed by atoms with Gasteiger partial charge in [0.15, 0.2) is 20.6 Å². The van der Waals surface area contributed by atoms with Crippen LogP contribution in [0.1, 0.15) is 12.8 Å². The number of aromatic amines is 1. The molecule has 0 atom stereocenters. The van der Waals surface area contributed by atoms with Crippen molar-refractivity contribution < 1.29 is 8.42 Å². The maximum atomic E-state index is 11.4. The van der Waals surface area contributed by atoms with E-state index < -0.39 is 9.84 Å². The first-order valence-corrected chi connectivity index (χ1v) is 6.18. The SMILES string of the molecule is CS(=O)(=O)c1c(NC2CC2)n[nH]c1N. The molecule has 1 heterocycles. The Bertz CT molecular complexity index is 446. The molecule has 78 valence electrons. The Morgan fingerprint density at radius 3 is 2.71 bits per heavy atom. The predicted molar refractivity (Wildman–Crippen MR) is 52.8 cm³/mol. The second-order valence-electron chi connectivity index (χ2n) is 3.51. The van der Waals surface area contributed by atoms with Crippen LogP contribution in [0.4, 0.5) is 11.6 Å². The fraction of sp³-hybridized carbons (Fsp3) is 0.571. The first-order valence-electron chi connectivity index (χ1n) is 4.29. The zero-order valence-electron chi connectivity index (χ0n) is 7.74. The van der Waals surface area contributed by atoms with E-state index in [4.69, 9.17) is 5.73 Å². The lowest BCUT2D eigenvalue weighted by Crippen LogP contribution is -2.07. The number of nitrogens with two attached hydrogens (primary N) is 1. The maximum Gasteiger partial charge on any atom is 0.182 e. The van der Waals surface area contributed by atoms with Crippen molar-refractivity contribution in [2.45, 2.75) is 23.8 Å². The van der Waals surface area contributed by atoms with Gasteiger partial charge in [0.05, 0.1) is 0 Å². The lowest BCUT2D eigenvalue weighted by molar-refractivity contribution is 0.602. The lowest BCUT2D eigenvalue weighted by Gasteiger charge is -2.02. The Hall–Kier alpha value is -1.24. The number of nitrogens with zero attached hydrogens (tertiary/aromatic N) is 1. The third-order valence-electron chi connectivity index (χ3n) is 2.04. The van der Waals surface area contributed by atoms with E-state index in [1.807, 2.05) is 0 Å². The molecule has 4 N–H and O–H groups in total. The summed E-state index contributed by atoms with van der Waals surface area (Å²) >= 11 is 0. The van der Waals surface area contributed by atoms with Gasteiger partial charge in [0.1, 0.15) is 5.82 Å². The van der Waals surface area contributed by atoms with Gasteiger partial charge in [-0.1, -0.05) is 0 Å². The normalized spacial score (nSPS) is 16.9. The number of H-pyrrole nitrogens is 1. The molecule has 0 amide bonds.